The molecule has 8 nitrogen and oxygen atoms in total. The maximum atomic E-state index is 12.2. The number of nitrogens with one attached hydrogen (secondary N) is 2. The average molecular weight is 418 g/mol. The molecule has 2 atom stereocenters. The van der Waals surface area contributed by atoms with Crippen molar-refractivity contribution in [3.8, 4) is 11.8 Å². The summed E-state index contributed by atoms with van der Waals surface area (Å²) in [6.45, 7) is 0.178. The highest BCUT2D eigenvalue weighted by atomic mass is 32.2. The van der Waals surface area contributed by atoms with E-state index in [1.807, 2.05) is 0 Å². The summed E-state index contributed by atoms with van der Waals surface area (Å²) in [6, 6.07) is 11.2. The smallest absolute Gasteiger partial charge is 0.261 e. The fourth-order valence-electron chi connectivity index (χ4n) is 1.94. The maximum absolute atomic E-state index is 12.2. The van der Waals surface area contributed by atoms with E-state index in [2.05, 4.69) is 26.9 Å². The van der Waals surface area contributed by atoms with Crippen molar-refractivity contribution in [1.29, 1.82) is 0 Å². The number of aliphatic imine (C=N–C) groups is 1. The van der Waals surface area contributed by atoms with Gasteiger partial charge < -0.3 is 21.6 Å². The Morgan fingerprint density at radius 2 is 2.00 bits per heavy atom. The van der Waals surface area contributed by atoms with Crippen LogP contribution in [0.3, 0.4) is 0 Å². The van der Waals surface area contributed by atoms with E-state index >= 15 is 0 Å². The van der Waals surface area contributed by atoms with Crippen molar-refractivity contribution < 1.29 is 13.8 Å². The molecule has 0 aliphatic rings. The quantitative estimate of drug-likeness (QED) is 0.207. The summed E-state index contributed by atoms with van der Waals surface area (Å²) in [4.78, 5) is 28.9. The number of carbonyl (C=O) groups excluding carboxylic acids is 2. The van der Waals surface area contributed by atoms with Crippen LogP contribution in [0.25, 0.3) is 0 Å². The number of nitrogens with zero attached hydrogens (tertiary/aromatic N) is 1. The van der Waals surface area contributed by atoms with Crippen LogP contribution in [0.5, 0.6) is 0 Å². The molecular weight excluding hydrogens is 398 g/mol. The summed E-state index contributed by atoms with van der Waals surface area (Å²) in [6.07, 6.45) is 0.607. The molecule has 0 bridgehead atoms. The van der Waals surface area contributed by atoms with Gasteiger partial charge in [-0.15, -0.1) is 11.3 Å². The Hall–Kier alpha value is -3.00. The van der Waals surface area contributed by atoms with Crippen LogP contribution in [-0.2, 0) is 15.8 Å². The van der Waals surface area contributed by atoms with Crippen LogP contribution in [0.1, 0.15) is 14.5 Å². The molecule has 1 amide bonds. The topological polar surface area (TPSA) is 140 Å². The van der Waals surface area contributed by atoms with Gasteiger partial charge in [-0.3, -0.25) is 4.79 Å². The van der Waals surface area contributed by atoms with Gasteiger partial charge in [0.25, 0.3) is 5.91 Å². The molecule has 146 valence electrons. The number of guanidine groups is 1. The minimum absolute atomic E-state index is 0.00428. The predicted octanol–water partition coefficient (Wildman–Crippen LogP) is -0.0173. The van der Waals surface area contributed by atoms with Gasteiger partial charge in [-0.25, -0.2) is 13.9 Å². The van der Waals surface area contributed by atoms with Gasteiger partial charge in [0, 0.05) is 6.54 Å². The monoisotopic (exact) mass is 417 g/mol. The molecule has 0 radical (unpaired) electrons. The number of rotatable bonds is 8. The van der Waals surface area contributed by atoms with Crippen molar-refractivity contribution in [2.24, 2.45) is 16.5 Å². The lowest BCUT2D eigenvalue weighted by Gasteiger charge is -2.12. The van der Waals surface area contributed by atoms with E-state index < -0.39 is 17.0 Å². The van der Waals surface area contributed by atoms with Gasteiger partial charge in [0.2, 0.25) is 0 Å². The number of thiophene rings is 1. The molecule has 0 saturated heterocycles. The van der Waals surface area contributed by atoms with Gasteiger partial charge in [0.1, 0.15) is 23.8 Å². The number of amides is 1. The van der Waals surface area contributed by atoms with E-state index in [0.717, 1.165) is 0 Å². The van der Waals surface area contributed by atoms with Crippen molar-refractivity contribution in [2.45, 2.75) is 10.9 Å². The van der Waals surface area contributed by atoms with Gasteiger partial charge in [-0.1, -0.05) is 30.0 Å². The molecule has 6 N–H and O–H groups in total. The highest BCUT2D eigenvalue weighted by Crippen LogP contribution is 2.15. The number of carbonyl (C=O) groups is 2. The molecule has 1 unspecified atom stereocenters. The Morgan fingerprint density at radius 1 is 1.25 bits per heavy atom. The average Bonchev–Trinajstić information content (AvgIpc) is 3.17. The van der Waals surface area contributed by atoms with Crippen LogP contribution < -0.4 is 21.5 Å². The fourth-order valence-corrected chi connectivity index (χ4v) is 3.69. The first-order valence-electron chi connectivity index (χ1n) is 8.10. The molecule has 1 aromatic carbocycles. The summed E-state index contributed by atoms with van der Waals surface area (Å²) < 4.78 is 14.9. The Balaban J connectivity index is 1.87. The second-order valence-electron chi connectivity index (χ2n) is 5.36. The molecule has 1 aromatic heterocycles. The van der Waals surface area contributed by atoms with Crippen molar-refractivity contribution in [3.63, 3.8) is 0 Å². The van der Waals surface area contributed by atoms with Gasteiger partial charge >= 0.3 is 0 Å². The number of nitrogens with two attached hydrogens (primary N) is 2. The van der Waals surface area contributed by atoms with Crippen LogP contribution in [0.15, 0.2) is 52.4 Å². The summed E-state index contributed by atoms with van der Waals surface area (Å²) in [5, 5.41) is 2.64. The first kappa shape index (κ1) is 21.3. The van der Waals surface area contributed by atoms with Crippen molar-refractivity contribution in [3.05, 3.63) is 52.2 Å². The van der Waals surface area contributed by atoms with E-state index in [0.29, 0.717) is 20.9 Å². The third kappa shape index (κ3) is 6.96. The zero-order valence-electron chi connectivity index (χ0n) is 14.8. The number of benzene rings is 1. The van der Waals surface area contributed by atoms with Crippen LogP contribution in [0, 0.1) is 11.8 Å². The van der Waals surface area contributed by atoms with Crippen LogP contribution in [-0.4, -0.2) is 41.5 Å². The molecule has 10 heteroatoms. The first-order valence-corrected chi connectivity index (χ1v) is 10.1. The van der Waals surface area contributed by atoms with Gasteiger partial charge in [0.05, 0.1) is 20.7 Å². The van der Waals surface area contributed by atoms with E-state index in [4.69, 9.17) is 11.5 Å². The Morgan fingerprint density at radius 3 is 2.68 bits per heavy atom. The molecule has 0 saturated carbocycles. The minimum atomic E-state index is -1.55. The first-order chi connectivity index (χ1) is 13.5. The molecule has 1 heterocycles. The molecule has 0 aliphatic carbocycles. The maximum Gasteiger partial charge on any atom is 0.261 e. The zero-order valence-corrected chi connectivity index (χ0v) is 16.4. The van der Waals surface area contributed by atoms with Crippen LogP contribution in [0.4, 0.5) is 0 Å². The van der Waals surface area contributed by atoms with Crippen LogP contribution >= 0.6 is 11.3 Å². The lowest BCUT2D eigenvalue weighted by atomic mass is 10.3. The van der Waals surface area contributed by atoms with Crippen LogP contribution in [0.2, 0.25) is 0 Å². The Labute approximate surface area is 169 Å². The third-order valence-electron chi connectivity index (χ3n) is 3.24. The molecule has 0 spiro atoms. The summed E-state index contributed by atoms with van der Waals surface area (Å²) in [5.74, 6) is 5.25. The molecular formula is C18H19N5O3S2. The summed E-state index contributed by atoms with van der Waals surface area (Å²) in [7, 11) is -1.55. The van der Waals surface area contributed by atoms with E-state index in [9.17, 15) is 13.8 Å². The summed E-state index contributed by atoms with van der Waals surface area (Å²) in [5.41, 5.74) is 10.4. The highest BCUT2D eigenvalue weighted by molar-refractivity contribution is 7.83. The zero-order chi connectivity index (χ0) is 20.4. The van der Waals surface area contributed by atoms with E-state index in [1.54, 1.807) is 42.5 Å². The Bertz CT molecular complexity index is 927. The van der Waals surface area contributed by atoms with Gasteiger partial charge in [-0.05, 0) is 24.3 Å². The normalized spacial score (nSPS) is 12.1. The largest absolute Gasteiger partial charge is 0.370 e. The number of hydrogen-bond acceptors (Lipinski definition) is 5. The lowest BCUT2D eigenvalue weighted by molar-refractivity contribution is -0.109. The molecule has 28 heavy (non-hydrogen) atoms. The second-order valence-corrected chi connectivity index (χ2v) is 7.69. The van der Waals surface area contributed by atoms with Gasteiger partial charge in [-0.2, -0.15) is 0 Å². The summed E-state index contributed by atoms with van der Waals surface area (Å²) >= 11 is 1.20. The van der Waals surface area contributed by atoms with Crippen molar-refractivity contribution in [2.75, 3.05) is 13.1 Å². The molecule has 0 aliphatic heterocycles. The molecule has 0 fully saturated rings. The number of hydrogen-bond donors (Lipinski definition) is 4. The second kappa shape index (κ2) is 11.0. The van der Waals surface area contributed by atoms with Crippen molar-refractivity contribution in [1.82, 2.24) is 10.0 Å². The SMILES string of the molecule is NC(N)=NCC#Cc1ccc(C(=O)NC[C@@H](C=O)NS(=O)c2ccccc2)s1. The van der Waals surface area contributed by atoms with Crippen molar-refractivity contribution >= 4 is 40.5 Å². The highest BCUT2D eigenvalue weighted by Gasteiger charge is 2.15. The number of aldehydes is 1. The lowest BCUT2D eigenvalue weighted by Crippen LogP contribution is -2.42. The third-order valence-corrected chi connectivity index (χ3v) is 5.46. The minimum Gasteiger partial charge on any atom is -0.370 e. The fraction of sp³-hybridized carbons (Fsp3) is 0.167. The molecule has 2 aromatic rings. The van der Waals surface area contributed by atoms with E-state index in [-0.39, 0.29) is 25.0 Å². The van der Waals surface area contributed by atoms with Gasteiger partial charge in [0.15, 0.2) is 5.96 Å². The predicted molar refractivity (Wildman–Crippen MR) is 110 cm³/mol. The molecule has 2 rings (SSSR count). The Kier molecular flexibility index (Phi) is 8.36. The standard InChI is InChI=1S/C18H19N5O3S2/c19-18(20)21-10-4-5-14-8-9-16(27-14)17(25)22-11-13(12-24)23-28(26)15-6-2-1-3-7-15/h1-3,6-9,12-13,23H,10-11H2,(H,22,25)(H4,19,20,21)/t13-,28?/m0/s1. The van der Waals surface area contributed by atoms with E-state index in [1.165, 1.54) is 11.3 Å².